The number of nitrogens with zero attached hydrogens (tertiary/aromatic N) is 1. The van der Waals surface area contributed by atoms with Gasteiger partial charge in [-0.2, -0.15) is 0 Å². The summed E-state index contributed by atoms with van der Waals surface area (Å²) >= 11 is 0. The first kappa shape index (κ1) is 14.3. The number of ether oxygens (including phenoxy) is 2. The molecule has 3 atom stereocenters. The van der Waals surface area contributed by atoms with Crippen LogP contribution in [0.4, 0.5) is 0 Å². The fourth-order valence-electron chi connectivity index (χ4n) is 2.92. The summed E-state index contributed by atoms with van der Waals surface area (Å²) in [4.78, 5) is 2.55. The van der Waals surface area contributed by atoms with Crippen molar-refractivity contribution >= 4 is 0 Å². The predicted molar refractivity (Wildman–Crippen MR) is 72.9 cm³/mol. The SMILES string of the molecule is CCC1COCCN1CCNC(C)C1CCCO1. The number of hydrogen-bond donors (Lipinski definition) is 1. The minimum Gasteiger partial charge on any atom is -0.378 e. The molecule has 106 valence electrons. The fraction of sp³-hybridized carbons (Fsp3) is 1.00. The molecule has 4 heteroatoms. The first-order valence-corrected chi connectivity index (χ1v) is 7.48. The molecule has 0 aliphatic carbocycles. The van der Waals surface area contributed by atoms with E-state index in [9.17, 15) is 0 Å². The molecule has 0 amide bonds. The number of nitrogens with one attached hydrogen (secondary N) is 1. The zero-order chi connectivity index (χ0) is 12.8. The van der Waals surface area contributed by atoms with Crippen molar-refractivity contribution in [1.29, 1.82) is 0 Å². The molecular weight excluding hydrogens is 228 g/mol. The van der Waals surface area contributed by atoms with Gasteiger partial charge in [0.1, 0.15) is 0 Å². The van der Waals surface area contributed by atoms with Crippen molar-refractivity contribution in [2.24, 2.45) is 0 Å². The Bertz CT molecular complexity index is 232. The molecule has 2 aliphatic heterocycles. The van der Waals surface area contributed by atoms with Crippen LogP contribution < -0.4 is 5.32 Å². The third-order valence-electron chi connectivity index (χ3n) is 4.21. The Morgan fingerprint density at radius 1 is 1.39 bits per heavy atom. The van der Waals surface area contributed by atoms with Gasteiger partial charge in [0.25, 0.3) is 0 Å². The molecule has 2 heterocycles. The molecule has 0 aromatic rings. The molecule has 0 bridgehead atoms. The highest BCUT2D eigenvalue weighted by atomic mass is 16.5. The van der Waals surface area contributed by atoms with Gasteiger partial charge in [-0.15, -0.1) is 0 Å². The smallest absolute Gasteiger partial charge is 0.0726 e. The van der Waals surface area contributed by atoms with Crippen LogP contribution in [0.1, 0.15) is 33.1 Å². The van der Waals surface area contributed by atoms with E-state index < -0.39 is 0 Å². The van der Waals surface area contributed by atoms with E-state index in [4.69, 9.17) is 9.47 Å². The third-order valence-corrected chi connectivity index (χ3v) is 4.21. The van der Waals surface area contributed by atoms with Gasteiger partial charge in [0.2, 0.25) is 0 Å². The summed E-state index contributed by atoms with van der Waals surface area (Å²) in [6.07, 6.45) is 4.04. The monoisotopic (exact) mass is 256 g/mol. The van der Waals surface area contributed by atoms with Crippen molar-refractivity contribution in [2.75, 3.05) is 39.5 Å². The molecule has 1 N–H and O–H groups in total. The second kappa shape index (κ2) is 7.43. The molecule has 0 spiro atoms. The minimum absolute atomic E-state index is 0.427. The quantitative estimate of drug-likeness (QED) is 0.775. The predicted octanol–water partition coefficient (Wildman–Crippen LogP) is 1.25. The highest BCUT2D eigenvalue weighted by molar-refractivity contribution is 4.79. The lowest BCUT2D eigenvalue weighted by Crippen LogP contribution is -2.49. The van der Waals surface area contributed by atoms with Crippen LogP contribution in [0.2, 0.25) is 0 Å². The van der Waals surface area contributed by atoms with Crippen LogP contribution in [-0.4, -0.2) is 62.5 Å². The average Bonchev–Trinajstić information content (AvgIpc) is 2.93. The van der Waals surface area contributed by atoms with Crippen molar-refractivity contribution < 1.29 is 9.47 Å². The topological polar surface area (TPSA) is 33.7 Å². The second-order valence-corrected chi connectivity index (χ2v) is 5.47. The van der Waals surface area contributed by atoms with Crippen molar-refractivity contribution in [1.82, 2.24) is 10.2 Å². The summed E-state index contributed by atoms with van der Waals surface area (Å²) in [6.45, 7) is 10.5. The van der Waals surface area contributed by atoms with E-state index in [1.807, 2.05) is 0 Å². The van der Waals surface area contributed by atoms with Crippen molar-refractivity contribution in [2.45, 2.75) is 51.3 Å². The van der Waals surface area contributed by atoms with E-state index in [1.165, 1.54) is 19.3 Å². The van der Waals surface area contributed by atoms with Gasteiger partial charge in [-0.25, -0.2) is 0 Å². The van der Waals surface area contributed by atoms with E-state index in [2.05, 4.69) is 24.1 Å². The summed E-state index contributed by atoms with van der Waals surface area (Å²) in [6, 6.07) is 1.09. The van der Waals surface area contributed by atoms with Gasteiger partial charge in [-0.05, 0) is 26.2 Å². The van der Waals surface area contributed by atoms with Gasteiger partial charge >= 0.3 is 0 Å². The lowest BCUT2D eigenvalue weighted by atomic mass is 10.1. The molecule has 2 fully saturated rings. The third kappa shape index (κ3) is 3.92. The Balaban J connectivity index is 1.64. The lowest BCUT2D eigenvalue weighted by molar-refractivity contribution is -0.00881. The molecule has 3 unspecified atom stereocenters. The highest BCUT2D eigenvalue weighted by Gasteiger charge is 2.23. The maximum Gasteiger partial charge on any atom is 0.0726 e. The van der Waals surface area contributed by atoms with Crippen molar-refractivity contribution in [3.63, 3.8) is 0 Å². The Morgan fingerprint density at radius 3 is 3.00 bits per heavy atom. The average molecular weight is 256 g/mol. The summed E-state index contributed by atoms with van der Waals surface area (Å²) in [5.74, 6) is 0. The zero-order valence-electron chi connectivity index (χ0n) is 11.9. The van der Waals surface area contributed by atoms with Gasteiger partial charge in [-0.1, -0.05) is 6.92 Å². The van der Waals surface area contributed by atoms with Gasteiger partial charge in [-0.3, -0.25) is 4.90 Å². The number of morpholine rings is 1. The zero-order valence-corrected chi connectivity index (χ0v) is 11.9. The molecule has 2 rings (SSSR count). The van der Waals surface area contributed by atoms with Crippen LogP contribution in [0.3, 0.4) is 0 Å². The van der Waals surface area contributed by atoms with Gasteiger partial charge in [0.15, 0.2) is 0 Å². The number of rotatable bonds is 6. The first-order chi connectivity index (χ1) is 8.81. The molecule has 4 nitrogen and oxygen atoms in total. The van der Waals surface area contributed by atoms with Crippen molar-refractivity contribution in [3.05, 3.63) is 0 Å². The normalized spacial score (nSPS) is 31.7. The Morgan fingerprint density at radius 2 is 2.28 bits per heavy atom. The summed E-state index contributed by atoms with van der Waals surface area (Å²) < 4.78 is 11.2. The van der Waals surface area contributed by atoms with Crippen molar-refractivity contribution in [3.8, 4) is 0 Å². The van der Waals surface area contributed by atoms with Gasteiger partial charge in [0.05, 0.1) is 19.3 Å². The van der Waals surface area contributed by atoms with Crippen LogP contribution in [0.5, 0.6) is 0 Å². The largest absolute Gasteiger partial charge is 0.378 e. The summed E-state index contributed by atoms with van der Waals surface area (Å²) in [5, 5.41) is 3.61. The van der Waals surface area contributed by atoms with Crippen LogP contribution in [-0.2, 0) is 9.47 Å². The highest BCUT2D eigenvalue weighted by Crippen LogP contribution is 2.15. The minimum atomic E-state index is 0.427. The maximum absolute atomic E-state index is 5.70. The van der Waals surface area contributed by atoms with Crippen LogP contribution in [0, 0.1) is 0 Å². The van der Waals surface area contributed by atoms with E-state index in [-0.39, 0.29) is 0 Å². The van der Waals surface area contributed by atoms with Crippen LogP contribution in [0.15, 0.2) is 0 Å². The fourth-order valence-corrected chi connectivity index (χ4v) is 2.92. The molecule has 0 radical (unpaired) electrons. The number of hydrogen-bond acceptors (Lipinski definition) is 4. The summed E-state index contributed by atoms with van der Waals surface area (Å²) in [5.41, 5.74) is 0. The summed E-state index contributed by atoms with van der Waals surface area (Å²) in [7, 11) is 0. The maximum atomic E-state index is 5.70. The van der Waals surface area contributed by atoms with Gasteiger partial charge < -0.3 is 14.8 Å². The molecule has 2 aliphatic rings. The Labute approximate surface area is 111 Å². The first-order valence-electron chi connectivity index (χ1n) is 7.48. The Kier molecular flexibility index (Phi) is 5.89. The standard InChI is InChI=1S/C14H28N2O2/c1-3-13-11-17-10-8-16(13)7-6-15-12(2)14-5-4-9-18-14/h12-15H,3-11H2,1-2H3. The second-order valence-electron chi connectivity index (χ2n) is 5.47. The molecule has 2 saturated heterocycles. The van der Waals surface area contributed by atoms with Crippen LogP contribution in [0.25, 0.3) is 0 Å². The Hall–Kier alpha value is -0.160. The van der Waals surface area contributed by atoms with E-state index in [1.54, 1.807) is 0 Å². The molecule has 0 saturated carbocycles. The molecule has 0 aromatic carbocycles. The molecule has 18 heavy (non-hydrogen) atoms. The lowest BCUT2D eigenvalue weighted by Gasteiger charge is -2.35. The van der Waals surface area contributed by atoms with E-state index in [0.717, 1.165) is 39.5 Å². The van der Waals surface area contributed by atoms with E-state index in [0.29, 0.717) is 18.2 Å². The van der Waals surface area contributed by atoms with Crippen LogP contribution >= 0.6 is 0 Å². The molecular formula is C14H28N2O2. The van der Waals surface area contributed by atoms with Gasteiger partial charge in [0, 0.05) is 38.3 Å². The van der Waals surface area contributed by atoms with E-state index >= 15 is 0 Å². The molecule has 0 aromatic heterocycles.